The zero-order valence-corrected chi connectivity index (χ0v) is 12.0. The molecule has 0 saturated carbocycles. The maximum absolute atomic E-state index is 12.2. The Morgan fingerprint density at radius 3 is 2.68 bits per heavy atom. The van der Waals surface area contributed by atoms with E-state index in [-0.39, 0.29) is 18.1 Å². The van der Waals surface area contributed by atoms with E-state index in [1.165, 1.54) is 0 Å². The van der Waals surface area contributed by atoms with Crippen LogP contribution >= 0.6 is 0 Å². The Balaban J connectivity index is 2.04. The summed E-state index contributed by atoms with van der Waals surface area (Å²) in [5, 5.41) is 16.8. The minimum absolute atomic E-state index is 0.0479. The minimum Gasteiger partial charge on any atom is -0.392 e. The first-order valence-electron chi connectivity index (χ1n) is 6.63. The number of amides is 1. The van der Waals surface area contributed by atoms with Gasteiger partial charge in [-0.2, -0.15) is 5.10 Å². The maximum atomic E-state index is 12.2. The number of nitrogens with zero attached hydrogens (tertiary/aromatic N) is 3. The van der Waals surface area contributed by atoms with Gasteiger partial charge < -0.3 is 10.4 Å². The van der Waals surface area contributed by atoms with Gasteiger partial charge >= 0.3 is 0 Å². The summed E-state index contributed by atoms with van der Waals surface area (Å²) in [6.45, 7) is 7.02. The van der Waals surface area contributed by atoms with Gasteiger partial charge in [0.05, 0.1) is 29.2 Å². The highest BCUT2D eigenvalue weighted by Gasteiger charge is 2.29. The molecule has 1 saturated heterocycles. The van der Waals surface area contributed by atoms with Crippen LogP contribution in [-0.4, -0.2) is 50.9 Å². The summed E-state index contributed by atoms with van der Waals surface area (Å²) in [7, 11) is 1.86. The molecule has 0 radical (unpaired) electrons. The van der Waals surface area contributed by atoms with Crippen LogP contribution in [0.5, 0.6) is 0 Å². The molecule has 0 spiro atoms. The second kappa shape index (κ2) is 5.30. The van der Waals surface area contributed by atoms with Crippen molar-refractivity contribution < 1.29 is 9.90 Å². The maximum Gasteiger partial charge on any atom is 0.241 e. The molecule has 2 heterocycles. The first-order valence-corrected chi connectivity index (χ1v) is 6.63. The SMILES string of the molecule is Cc1nn(C)c(C)c1NC(=O)C(C)N1CC[C@@H](O)C1. The van der Waals surface area contributed by atoms with Crippen molar-refractivity contribution in [3.63, 3.8) is 0 Å². The van der Waals surface area contributed by atoms with E-state index in [0.717, 1.165) is 30.0 Å². The molecule has 1 fully saturated rings. The van der Waals surface area contributed by atoms with Gasteiger partial charge in [-0.1, -0.05) is 0 Å². The zero-order chi connectivity index (χ0) is 14.2. The zero-order valence-electron chi connectivity index (χ0n) is 12.0. The van der Waals surface area contributed by atoms with Crippen molar-refractivity contribution >= 4 is 11.6 Å². The molecule has 106 valence electrons. The monoisotopic (exact) mass is 266 g/mol. The van der Waals surface area contributed by atoms with Gasteiger partial charge in [-0.25, -0.2) is 0 Å². The first kappa shape index (κ1) is 14.0. The van der Waals surface area contributed by atoms with Crippen LogP contribution in [0.3, 0.4) is 0 Å². The van der Waals surface area contributed by atoms with Crippen molar-refractivity contribution in [2.75, 3.05) is 18.4 Å². The van der Waals surface area contributed by atoms with Crippen LogP contribution in [0, 0.1) is 13.8 Å². The largest absolute Gasteiger partial charge is 0.392 e. The van der Waals surface area contributed by atoms with Gasteiger partial charge in [0.1, 0.15) is 0 Å². The molecular formula is C13H22N4O2. The topological polar surface area (TPSA) is 70.4 Å². The van der Waals surface area contributed by atoms with Crippen LogP contribution in [-0.2, 0) is 11.8 Å². The summed E-state index contributed by atoms with van der Waals surface area (Å²) in [4.78, 5) is 14.2. The number of aryl methyl sites for hydroxylation is 2. The number of nitrogens with one attached hydrogen (secondary N) is 1. The normalized spacial score (nSPS) is 21.6. The molecule has 2 atom stereocenters. The molecule has 1 aliphatic rings. The molecule has 6 heteroatoms. The predicted octanol–water partition coefficient (Wildman–Crippen LogP) is 0.431. The summed E-state index contributed by atoms with van der Waals surface area (Å²) < 4.78 is 1.76. The standard InChI is InChI=1S/C13H22N4O2/c1-8-12(9(2)16(4)15-8)14-13(19)10(3)17-6-5-11(18)7-17/h10-11,18H,5-7H2,1-4H3,(H,14,19)/t10?,11-/m1/s1. The van der Waals surface area contributed by atoms with Gasteiger partial charge in [-0.05, 0) is 27.2 Å². The Bertz CT molecular complexity index is 483. The van der Waals surface area contributed by atoms with Crippen LogP contribution in [0.4, 0.5) is 5.69 Å². The third kappa shape index (κ3) is 2.79. The third-order valence-corrected chi connectivity index (χ3v) is 3.88. The molecule has 6 nitrogen and oxygen atoms in total. The van der Waals surface area contributed by atoms with E-state index in [1.807, 2.05) is 32.7 Å². The Morgan fingerprint density at radius 2 is 2.21 bits per heavy atom. The van der Waals surface area contributed by atoms with Crippen LogP contribution < -0.4 is 5.32 Å². The van der Waals surface area contributed by atoms with Crippen LogP contribution in [0.1, 0.15) is 24.7 Å². The number of hydrogen-bond donors (Lipinski definition) is 2. The summed E-state index contributed by atoms with van der Waals surface area (Å²) in [6.07, 6.45) is 0.430. The molecule has 1 aliphatic heterocycles. The smallest absolute Gasteiger partial charge is 0.241 e. The number of aromatic nitrogens is 2. The highest BCUT2D eigenvalue weighted by Crippen LogP contribution is 2.20. The summed E-state index contributed by atoms with van der Waals surface area (Å²) >= 11 is 0. The third-order valence-electron chi connectivity index (χ3n) is 3.88. The number of rotatable bonds is 3. The van der Waals surface area contributed by atoms with E-state index < -0.39 is 0 Å². The van der Waals surface area contributed by atoms with Crippen LogP contribution in [0.25, 0.3) is 0 Å². The van der Waals surface area contributed by atoms with Crippen molar-refractivity contribution in [2.24, 2.45) is 7.05 Å². The number of β-amino-alcohol motifs (C(OH)–C–C–N with tert-alkyl or cyclic N) is 1. The fourth-order valence-corrected chi connectivity index (χ4v) is 2.47. The number of carbonyl (C=O) groups is 1. The van der Waals surface area contributed by atoms with E-state index in [0.29, 0.717) is 6.54 Å². The Morgan fingerprint density at radius 1 is 1.53 bits per heavy atom. The highest BCUT2D eigenvalue weighted by atomic mass is 16.3. The molecular weight excluding hydrogens is 244 g/mol. The first-order chi connectivity index (χ1) is 8.90. The van der Waals surface area contributed by atoms with Gasteiger partial charge in [0, 0.05) is 20.1 Å². The van der Waals surface area contributed by atoms with Gasteiger partial charge in [-0.3, -0.25) is 14.4 Å². The van der Waals surface area contributed by atoms with E-state index >= 15 is 0 Å². The summed E-state index contributed by atoms with van der Waals surface area (Å²) in [6, 6.07) is -0.240. The molecule has 1 amide bonds. The number of aliphatic hydroxyl groups is 1. The van der Waals surface area contributed by atoms with Crippen molar-refractivity contribution in [1.29, 1.82) is 0 Å². The molecule has 1 unspecified atom stereocenters. The number of aliphatic hydroxyl groups excluding tert-OH is 1. The van der Waals surface area contributed by atoms with E-state index in [9.17, 15) is 9.90 Å². The summed E-state index contributed by atoms with van der Waals surface area (Å²) in [5.74, 6) is -0.0479. The molecule has 0 bridgehead atoms. The molecule has 2 rings (SSSR count). The average Bonchev–Trinajstić information content (AvgIpc) is 2.88. The quantitative estimate of drug-likeness (QED) is 0.832. The number of carbonyl (C=O) groups excluding carboxylic acids is 1. The van der Waals surface area contributed by atoms with Gasteiger partial charge in [-0.15, -0.1) is 0 Å². The lowest BCUT2D eigenvalue weighted by Crippen LogP contribution is -2.41. The van der Waals surface area contributed by atoms with Crippen molar-refractivity contribution in [2.45, 2.75) is 39.3 Å². The number of likely N-dealkylation sites (tertiary alicyclic amines) is 1. The van der Waals surface area contributed by atoms with Crippen molar-refractivity contribution in [3.05, 3.63) is 11.4 Å². The fraction of sp³-hybridized carbons (Fsp3) is 0.692. The van der Waals surface area contributed by atoms with Crippen LogP contribution in [0.2, 0.25) is 0 Å². The van der Waals surface area contributed by atoms with E-state index in [4.69, 9.17) is 0 Å². The van der Waals surface area contributed by atoms with E-state index in [1.54, 1.807) is 4.68 Å². The molecule has 0 aliphatic carbocycles. The Hall–Kier alpha value is -1.40. The van der Waals surface area contributed by atoms with Crippen LogP contribution in [0.15, 0.2) is 0 Å². The lowest BCUT2D eigenvalue weighted by molar-refractivity contribution is -0.120. The molecule has 19 heavy (non-hydrogen) atoms. The predicted molar refractivity (Wildman–Crippen MR) is 73.0 cm³/mol. The fourth-order valence-electron chi connectivity index (χ4n) is 2.47. The van der Waals surface area contributed by atoms with Gasteiger partial charge in [0.25, 0.3) is 0 Å². The number of anilines is 1. The van der Waals surface area contributed by atoms with E-state index in [2.05, 4.69) is 10.4 Å². The lowest BCUT2D eigenvalue weighted by atomic mass is 10.2. The molecule has 2 N–H and O–H groups in total. The minimum atomic E-state index is -0.308. The molecule has 1 aromatic rings. The second-order valence-corrected chi connectivity index (χ2v) is 5.27. The highest BCUT2D eigenvalue weighted by molar-refractivity contribution is 5.95. The Kier molecular flexibility index (Phi) is 3.91. The number of hydrogen-bond acceptors (Lipinski definition) is 4. The van der Waals surface area contributed by atoms with Crippen molar-refractivity contribution in [3.8, 4) is 0 Å². The molecule has 1 aromatic heterocycles. The average molecular weight is 266 g/mol. The lowest BCUT2D eigenvalue weighted by Gasteiger charge is -2.22. The Labute approximate surface area is 113 Å². The van der Waals surface area contributed by atoms with Gasteiger partial charge in [0.15, 0.2) is 0 Å². The second-order valence-electron chi connectivity index (χ2n) is 5.27. The summed E-state index contributed by atoms with van der Waals surface area (Å²) in [5.41, 5.74) is 2.56. The van der Waals surface area contributed by atoms with Gasteiger partial charge in [0.2, 0.25) is 5.91 Å². The molecule has 0 aromatic carbocycles. The van der Waals surface area contributed by atoms with Crippen molar-refractivity contribution in [1.82, 2.24) is 14.7 Å².